The van der Waals surface area contributed by atoms with E-state index in [1.807, 2.05) is 24.3 Å². The number of hydrogen-bond donors (Lipinski definition) is 1. The van der Waals surface area contributed by atoms with E-state index in [1.54, 1.807) is 12.1 Å². The summed E-state index contributed by atoms with van der Waals surface area (Å²) in [6, 6.07) is 14.1. The third kappa shape index (κ3) is 3.31. The first-order chi connectivity index (χ1) is 12.5. The number of carbonyl (C=O) groups is 1. The van der Waals surface area contributed by atoms with E-state index >= 15 is 0 Å². The molecule has 0 amide bonds. The minimum atomic E-state index is -0.895. The maximum absolute atomic E-state index is 13.1. The second kappa shape index (κ2) is 6.93. The Bertz CT molecular complexity index is 794. The van der Waals surface area contributed by atoms with Crippen molar-refractivity contribution in [1.29, 1.82) is 0 Å². The molecule has 4 heteroatoms. The lowest BCUT2D eigenvalue weighted by atomic mass is 9.81. The monoisotopic (exact) mass is 353 g/mol. The van der Waals surface area contributed by atoms with Gasteiger partial charge in [-0.3, -0.25) is 4.79 Å². The molecule has 1 aliphatic carbocycles. The molecular formula is C22H24FNO2. The van der Waals surface area contributed by atoms with Crippen LogP contribution in [-0.4, -0.2) is 35.4 Å². The van der Waals surface area contributed by atoms with Gasteiger partial charge in [-0.05, 0) is 48.9 Å². The van der Waals surface area contributed by atoms with Gasteiger partial charge in [-0.15, -0.1) is 0 Å². The first-order valence-electron chi connectivity index (χ1n) is 9.38. The van der Waals surface area contributed by atoms with Crippen LogP contribution in [0.4, 0.5) is 4.39 Å². The van der Waals surface area contributed by atoms with Gasteiger partial charge in [0.2, 0.25) is 0 Å². The normalized spacial score (nSPS) is 22.8. The summed E-state index contributed by atoms with van der Waals surface area (Å²) >= 11 is 0. The second-order valence-electron chi connectivity index (χ2n) is 7.60. The number of hydrogen-bond acceptors (Lipinski definition) is 3. The van der Waals surface area contributed by atoms with Gasteiger partial charge in [0.25, 0.3) is 0 Å². The number of nitrogens with zero attached hydrogens (tertiary/aromatic N) is 1. The van der Waals surface area contributed by atoms with Crippen molar-refractivity contribution in [2.45, 2.75) is 31.3 Å². The highest BCUT2D eigenvalue weighted by Gasteiger charge is 2.36. The molecule has 2 aromatic rings. The highest BCUT2D eigenvalue weighted by Crippen LogP contribution is 2.34. The summed E-state index contributed by atoms with van der Waals surface area (Å²) in [5.74, 6) is 0.0130. The molecule has 1 saturated heterocycles. The highest BCUT2D eigenvalue weighted by atomic mass is 19.1. The lowest BCUT2D eigenvalue weighted by Gasteiger charge is -2.40. The summed E-state index contributed by atoms with van der Waals surface area (Å²) in [5, 5.41) is 10.9. The van der Waals surface area contributed by atoms with Crippen LogP contribution in [0.3, 0.4) is 0 Å². The van der Waals surface area contributed by atoms with E-state index < -0.39 is 5.60 Å². The van der Waals surface area contributed by atoms with Gasteiger partial charge < -0.3 is 10.0 Å². The number of halogens is 1. The number of piperidine rings is 1. The van der Waals surface area contributed by atoms with Crippen LogP contribution in [-0.2, 0) is 12.0 Å². The summed E-state index contributed by atoms with van der Waals surface area (Å²) in [4.78, 5) is 15.0. The second-order valence-corrected chi connectivity index (χ2v) is 7.60. The number of aryl methyl sites for hydroxylation is 1. The van der Waals surface area contributed by atoms with E-state index in [-0.39, 0.29) is 17.5 Å². The molecule has 2 aliphatic rings. The topological polar surface area (TPSA) is 40.5 Å². The van der Waals surface area contributed by atoms with E-state index in [2.05, 4.69) is 4.90 Å². The van der Waals surface area contributed by atoms with E-state index in [0.29, 0.717) is 12.8 Å². The van der Waals surface area contributed by atoms with Crippen LogP contribution in [0, 0.1) is 11.7 Å². The van der Waals surface area contributed by atoms with Crippen molar-refractivity contribution in [3.63, 3.8) is 0 Å². The minimum absolute atomic E-state index is 0.0434. The molecule has 1 aliphatic heterocycles. The van der Waals surface area contributed by atoms with Crippen LogP contribution in [0.15, 0.2) is 48.5 Å². The van der Waals surface area contributed by atoms with Crippen molar-refractivity contribution in [2.24, 2.45) is 5.92 Å². The van der Waals surface area contributed by atoms with Crippen LogP contribution < -0.4 is 0 Å². The van der Waals surface area contributed by atoms with E-state index in [1.165, 1.54) is 12.1 Å². The lowest BCUT2D eigenvalue weighted by molar-refractivity contribution is -0.0283. The Hall–Kier alpha value is -2.04. The smallest absolute Gasteiger partial charge is 0.167 e. The average Bonchev–Trinajstić information content (AvgIpc) is 2.66. The number of benzene rings is 2. The molecule has 4 rings (SSSR count). The van der Waals surface area contributed by atoms with Gasteiger partial charge >= 0.3 is 0 Å². The predicted octanol–water partition coefficient (Wildman–Crippen LogP) is 3.55. The number of carbonyl (C=O) groups excluding carboxylic acids is 1. The number of likely N-dealkylation sites (tertiary alicyclic amines) is 1. The molecule has 0 bridgehead atoms. The molecule has 1 heterocycles. The Morgan fingerprint density at radius 3 is 2.50 bits per heavy atom. The quantitative estimate of drug-likeness (QED) is 0.917. The molecule has 1 N–H and O–H groups in total. The molecule has 1 atom stereocenters. The third-order valence-corrected chi connectivity index (χ3v) is 5.96. The lowest BCUT2D eigenvalue weighted by Crippen LogP contribution is -2.45. The average molecular weight is 353 g/mol. The predicted molar refractivity (Wildman–Crippen MR) is 98.6 cm³/mol. The Morgan fingerprint density at radius 2 is 1.77 bits per heavy atom. The summed E-state index contributed by atoms with van der Waals surface area (Å²) in [5.41, 5.74) is 1.93. The first-order valence-corrected chi connectivity index (χ1v) is 9.38. The fourth-order valence-electron chi connectivity index (χ4n) is 4.30. The fourth-order valence-corrected chi connectivity index (χ4v) is 4.30. The van der Waals surface area contributed by atoms with Crippen molar-refractivity contribution in [2.75, 3.05) is 19.6 Å². The molecule has 3 nitrogen and oxygen atoms in total. The van der Waals surface area contributed by atoms with Crippen LogP contribution >= 0.6 is 0 Å². The maximum Gasteiger partial charge on any atom is 0.167 e. The zero-order chi connectivity index (χ0) is 18.1. The van der Waals surface area contributed by atoms with Crippen LogP contribution in [0.5, 0.6) is 0 Å². The number of rotatable bonds is 3. The van der Waals surface area contributed by atoms with Gasteiger partial charge in [-0.25, -0.2) is 4.39 Å². The van der Waals surface area contributed by atoms with Gasteiger partial charge in [0.15, 0.2) is 5.78 Å². The van der Waals surface area contributed by atoms with Crippen LogP contribution in [0.2, 0.25) is 0 Å². The fraction of sp³-hybridized carbons (Fsp3) is 0.409. The molecule has 136 valence electrons. The van der Waals surface area contributed by atoms with Crippen molar-refractivity contribution in [3.05, 3.63) is 71.0 Å². The van der Waals surface area contributed by atoms with Crippen molar-refractivity contribution in [3.8, 4) is 0 Å². The number of aliphatic hydroxyl groups is 1. The van der Waals surface area contributed by atoms with Gasteiger partial charge in [0.05, 0.1) is 5.60 Å². The molecule has 1 unspecified atom stereocenters. The summed E-state index contributed by atoms with van der Waals surface area (Å²) < 4.78 is 13.1. The van der Waals surface area contributed by atoms with Crippen LogP contribution in [0.1, 0.15) is 40.7 Å². The SMILES string of the molecule is O=C1c2ccccc2CCC1CN1CCC(O)(c2ccc(F)cc2)CC1. The third-order valence-electron chi connectivity index (χ3n) is 5.96. The molecule has 0 radical (unpaired) electrons. The Balaban J connectivity index is 1.39. The Labute approximate surface area is 153 Å². The first kappa shape index (κ1) is 17.4. The van der Waals surface area contributed by atoms with E-state index in [4.69, 9.17) is 0 Å². The number of ketones is 1. The van der Waals surface area contributed by atoms with Crippen LogP contribution in [0.25, 0.3) is 0 Å². The van der Waals surface area contributed by atoms with Gasteiger partial charge in [0, 0.05) is 31.1 Å². The zero-order valence-electron chi connectivity index (χ0n) is 14.8. The summed E-state index contributed by atoms with van der Waals surface area (Å²) in [6.45, 7) is 2.26. The summed E-state index contributed by atoms with van der Waals surface area (Å²) in [7, 11) is 0. The van der Waals surface area contributed by atoms with Gasteiger partial charge in [0.1, 0.15) is 5.82 Å². The molecule has 1 fully saturated rings. The Kier molecular flexibility index (Phi) is 4.63. The molecule has 0 saturated carbocycles. The van der Waals surface area contributed by atoms with E-state index in [0.717, 1.165) is 49.2 Å². The highest BCUT2D eigenvalue weighted by molar-refractivity contribution is 6.00. The van der Waals surface area contributed by atoms with Gasteiger partial charge in [-0.1, -0.05) is 36.4 Å². The molecule has 26 heavy (non-hydrogen) atoms. The minimum Gasteiger partial charge on any atom is -0.385 e. The largest absolute Gasteiger partial charge is 0.385 e. The molecule has 0 spiro atoms. The summed E-state index contributed by atoms with van der Waals surface area (Å²) in [6.07, 6.45) is 3.07. The number of Topliss-reactive ketones (excluding diaryl/α,β-unsaturated/α-hetero) is 1. The van der Waals surface area contributed by atoms with Crippen molar-refractivity contribution in [1.82, 2.24) is 4.90 Å². The number of fused-ring (bicyclic) bond motifs is 1. The zero-order valence-corrected chi connectivity index (χ0v) is 14.8. The Morgan fingerprint density at radius 1 is 1.08 bits per heavy atom. The molecule has 2 aromatic carbocycles. The maximum atomic E-state index is 13.1. The van der Waals surface area contributed by atoms with Crippen molar-refractivity contribution < 1.29 is 14.3 Å². The van der Waals surface area contributed by atoms with Crippen molar-refractivity contribution >= 4 is 5.78 Å². The van der Waals surface area contributed by atoms with E-state index in [9.17, 15) is 14.3 Å². The molecule has 0 aromatic heterocycles. The van der Waals surface area contributed by atoms with Gasteiger partial charge in [-0.2, -0.15) is 0 Å². The molecular weight excluding hydrogens is 329 g/mol. The standard InChI is InChI=1S/C22H24FNO2/c23-19-9-7-18(8-10-19)22(26)11-13-24(14-12-22)15-17-6-5-16-3-1-2-4-20(16)21(17)25/h1-4,7-10,17,26H,5-6,11-15H2.